The van der Waals surface area contributed by atoms with E-state index in [1.807, 2.05) is 18.2 Å². The third-order valence-electron chi connectivity index (χ3n) is 5.60. The number of rotatable bonds is 9. The van der Waals surface area contributed by atoms with E-state index in [0.717, 1.165) is 42.8 Å². The van der Waals surface area contributed by atoms with Crippen molar-refractivity contribution in [3.63, 3.8) is 0 Å². The van der Waals surface area contributed by atoms with Gasteiger partial charge in [-0.25, -0.2) is 4.39 Å². The smallest absolute Gasteiger partial charge is 0.220 e. The lowest BCUT2D eigenvalue weighted by atomic mass is 10.0. The van der Waals surface area contributed by atoms with Crippen molar-refractivity contribution in [1.29, 1.82) is 0 Å². The summed E-state index contributed by atoms with van der Waals surface area (Å²) in [5, 5.41) is 3.13. The van der Waals surface area contributed by atoms with Crippen LogP contribution in [0.5, 0.6) is 5.75 Å². The fraction of sp³-hybridized carbons (Fsp3) is 0.458. The van der Waals surface area contributed by atoms with E-state index < -0.39 is 0 Å². The lowest BCUT2D eigenvalue weighted by molar-refractivity contribution is -0.121. The van der Waals surface area contributed by atoms with Gasteiger partial charge in [-0.3, -0.25) is 9.69 Å². The largest absolute Gasteiger partial charge is 0.496 e. The summed E-state index contributed by atoms with van der Waals surface area (Å²) in [4.78, 5) is 14.9. The Hall–Kier alpha value is -2.40. The first kappa shape index (κ1) is 21.3. The lowest BCUT2D eigenvalue weighted by Crippen LogP contribution is -2.40. The van der Waals surface area contributed by atoms with Gasteiger partial charge in [0.25, 0.3) is 0 Å². The number of aryl methyl sites for hydroxylation is 1. The number of methoxy groups -OCH3 is 1. The average molecular weight is 399 g/mol. The van der Waals surface area contributed by atoms with Crippen LogP contribution >= 0.6 is 0 Å². The van der Waals surface area contributed by atoms with E-state index in [-0.39, 0.29) is 17.8 Å². The van der Waals surface area contributed by atoms with E-state index in [0.29, 0.717) is 13.0 Å². The van der Waals surface area contributed by atoms with Crippen molar-refractivity contribution in [2.24, 2.45) is 0 Å². The van der Waals surface area contributed by atoms with Crippen LogP contribution in [0.2, 0.25) is 0 Å². The third kappa shape index (κ3) is 6.29. The van der Waals surface area contributed by atoms with Crippen molar-refractivity contribution >= 4 is 5.91 Å². The molecule has 2 aromatic rings. The van der Waals surface area contributed by atoms with Crippen molar-refractivity contribution in [1.82, 2.24) is 10.2 Å². The first-order valence-corrected chi connectivity index (χ1v) is 10.6. The van der Waals surface area contributed by atoms with E-state index in [9.17, 15) is 9.18 Å². The van der Waals surface area contributed by atoms with Crippen LogP contribution in [0.1, 0.15) is 49.3 Å². The Kier molecular flexibility index (Phi) is 8.05. The second-order valence-electron chi connectivity index (χ2n) is 7.64. The number of hydrogen-bond acceptors (Lipinski definition) is 3. The summed E-state index contributed by atoms with van der Waals surface area (Å²) in [5.74, 6) is 0.698. The van der Waals surface area contributed by atoms with Crippen LogP contribution in [-0.4, -0.2) is 37.6 Å². The molecular formula is C24H31FN2O2. The Bertz CT molecular complexity index is 773. The van der Waals surface area contributed by atoms with Crippen LogP contribution in [0.25, 0.3) is 0 Å². The molecule has 1 N–H and O–H groups in total. The summed E-state index contributed by atoms with van der Waals surface area (Å²) in [6, 6.07) is 14.7. The van der Waals surface area contributed by atoms with Gasteiger partial charge in [-0.1, -0.05) is 36.8 Å². The predicted molar refractivity (Wildman–Crippen MR) is 114 cm³/mol. The van der Waals surface area contributed by atoms with Gasteiger partial charge < -0.3 is 10.1 Å². The molecule has 0 spiro atoms. The fourth-order valence-electron chi connectivity index (χ4n) is 4.01. The average Bonchev–Trinajstić information content (AvgIpc) is 2.76. The molecular weight excluding hydrogens is 367 g/mol. The lowest BCUT2D eigenvalue weighted by Gasteiger charge is -2.35. The minimum atomic E-state index is -0.230. The summed E-state index contributed by atoms with van der Waals surface area (Å²) in [6.45, 7) is 2.67. The zero-order chi connectivity index (χ0) is 20.5. The van der Waals surface area contributed by atoms with Crippen molar-refractivity contribution in [3.05, 3.63) is 65.5 Å². The number of nitrogens with one attached hydrogen (secondary N) is 1. The van der Waals surface area contributed by atoms with E-state index in [1.54, 1.807) is 19.2 Å². The summed E-state index contributed by atoms with van der Waals surface area (Å²) in [7, 11) is 1.69. The second-order valence-corrected chi connectivity index (χ2v) is 7.64. The van der Waals surface area contributed by atoms with Crippen molar-refractivity contribution in [2.75, 3.05) is 26.7 Å². The number of ether oxygens (including phenoxy) is 1. The molecule has 156 valence electrons. The normalized spacial score (nSPS) is 15.7. The summed E-state index contributed by atoms with van der Waals surface area (Å²) in [6.07, 6.45) is 5.64. The Morgan fingerprint density at radius 2 is 1.83 bits per heavy atom. The van der Waals surface area contributed by atoms with Gasteiger partial charge in [0, 0.05) is 18.5 Å². The van der Waals surface area contributed by atoms with E-state index >= 15 is 0 Å². The number of amides is 1. The molecule has 1 aliphatic rings. The van der Waals surface area contributed by atoms with Crippen molar-refractivity contribution in [2.45, 2.75) is 44.6 Å². The number of halogens is 1. The van der Waals surface area contributed by atoms with Crippen LogP contribution in [0.3, 0.4) is 0 Å². The maximum Gasteiger partial charge on any atom is 0.220 e. The molecule has 1 amide bonds. The Morgan fingerprint density at radius 1 is 1.10 bits per heavy atom. The maximum absolute atomic E-state index is 13.0. The zero-order valence-electron chi connectivity index (χ0n) is 17.2. The van der Waals surface area contributed by atoms with Crippen molar-refractivity contribution < 1.29 is 13.9 Å². The summed E-state index contributed by atoms with van der Waals surface area (Å²) < 4.78 is 18.6. The number of carbonyl (C=O) groups excluding carboxylic acids is 1. The number of para-hydroxylation sites is 1. The van der Waals surface area contributed by atoms with Crippen LogP contribution < -0.4 is 10.1 Å². The van der Waals surface area contributed by atoms with Gasteiger partial charge in [-0.15, -0.1) is 0 Å². The topological polar surface area (TPSA) is 41.6 Å². The molecule has 1 heterocycles. The third-order valence-corrected chi connectivity index (χ3v) is 5.60. The molecule has 29 heavy (non-hydrogen) atoms. The number of likely N-dealkylation sites (tertiary alicyclic amines) is 1. The molecule has 1 atom stereocenters. The van der Waals surface area contributed by atoms with Crippen LogP contribution in [0.4, 0.5) is 4.39 Å². The molecule has 4 nitrogen and oxygen atoms in total. The van der Waals surface area contributed by atoms with E-state index in [2.05, 4.69) is 16.3 Å². The molecule has 0 radical (unpaired) electrons. The Morgan fingerprint density at radius 3 is 2.55 bits per heavy atom. The highest BCUT2D eigenvalue weighted by Crippen LogP contribution is 2.30. The second kappa shape index (κ2) is 11.0. The number of hydrogen-bond donors (Lipinski definition) is 1. The fourth-order valence-corrected chi connectivity index (χ4v) is 4.01. The van der Waals surface area contributed by atoms with Gasteiger partial charge in [-0.2, -0.15) is 0 Å². The molecule has 1 fully saturated rings. The highest BCUT2D eigenvalue weighted by molar-refractivity contribution is 5.75. The standard InChI is InChI=1S/C24H31FN2O2/c1-29-23-10-4-3-9-21(23)22(27-16-5-2-6-17-27)18-26-24(28)11-7-8-19-12-14-20(25)15-13-19/h3-4,9-10,12-15,22H,2,5-8,11,16-18H2,1H3,(H,26,28). The monoisotopic (exact) mass is 398 g/mol. The molecule has 1 saturated heterocycles. The van der Waals surface area contributed by atoms with Crippen molar-refractivity contribution in [3.8, 4) is 5.75 Å². The van der Waals surface area contributed by atoms with Gasteiger partial charge in [-0.05, 0) is 62.5 Å². The van der Waals surface area contributed by atoms with E-state index in [1.165, 1.54) is 31.4 Å². The number of piperidine rings is 1. The van der Waals surface area contributed by atoms with Gasteiger partial charge in [0.05, 0.1) is 13.2 Å². The first-order valence-electron chi connectivity index (χ1n) is 10.6. The minimum absolute atomic E-state index is 0.0593. The highest BCUT2D eigenvalue weighted by Gasteiger charge is 2.25. The van der Waals surface area contributed by atoms with Gasteiger partial charge in [0.1, 0.15) is 11.6 Å². The SMILES string of the molecule is COc1ccccc1C(CNC(=O)CCCc1ccc(F)cc1)N1CCCCC1. The first-order chi connectivity index (χ1) is 14.2. The molecule has 0 aliphatic carbocycles. The number of nitrogens with zero attached hydrogens (tertiary/aromatic N) is 1. The number of benzene rings is 2. The molecule has 0 bridgehead atoms. The molecule has 0 saturated carbocycles. The van der Waals surface area contributed by atoms with Gasteiger partial charge in [0.2, 0.25) is 5.91 Å². The van der Waals surface area contributed by atoms with Crippen LogP contribution in [0.15, 0.2) is 48.5 Å². The highest BCUT2D eigenvalue weighted by atomic mass is 19.1. The minimum Gasteiger partial charge on any atom is -0.496 e. The zero-order valence-corrected chi connectivity index (χ0v) is 17.2. The molecule has 0 aromatic heterocycles. The quantitative estimate of drug-likeness (QED) is 0.676. The van der Waals surface area contributed by atoms with Crippen LogP contribution in [0, 0.1) is 5.82 Å². The molecule has 1 unspecified atom stereocenters. The Balaban J connectivity index is 1.56. The molecule has 5 heteroatoms. The number of carbonyl (C=O) groups is 1. The maximum atomic E-state index is 13.0. The van der Waals surface area contributed by atoms with E-state index in [4.69, 9.17) is 4.74 Å². The molecule has 2 aromatic carbocycles. The van der Waals surface area contributed by atoms with Gasteiger partial charge >= 0.3 is 0 Å². The Labute approximate surface area is 173 Å². The molecule has 3 rings (SSSR count). The van der Waals surface area contributed by atoms with Gasteiger partial charge in [0.15, 0.2) is 0 Å². The summed E-state index contributed by atoms with van der Waals surface area (Å²) >= 11 is 0. The predicted octanol–water partition coefficient (Wildman–Crippen LogP) is 4.50. The van der Waals surface area contributed by atoms with Crippen LogP contribution in [-0.2, 0) is 11.2 Å². The summed E-state index contributed by atoms with van der Waals surface area (Å²) in [5.41, 5.74) is 2.18. The molecule has 1 aliphatic heterocycles.